The van der Waals surface area contributed by atoms with Crippen molar-refractivity contribution in [1.29, 1.82) is 0 Å². The van der Waals surface area contributed by atoms with E-state index in [1.165, 1.54) is 27.8 Å². The third kappa shape index (κ3) is 3.53. The highest BCUT2D eigenvalue weighted by Gasteiger charge is 2.18. The Bertz CT molecular complexity index is 1420. The topological polar surface area (TPSA) is 81.2 Å². The van der Waals surface area contributed by atoms with Crippen LogP contribution in [0.25, 0.3) is 43.8 Å². The van der Waals surface area contributed by atoms with Gasteiger partial charge < -0.3 is 9.73 Å². The quantitative estimate of drug-likeness (QED) is 0.230. The van der Waals surface area contributed by atoms with Gasteiger partial charge in [0.2, 0.25) is 5.89 Å². The van der Waals surface area contributed by atoms with Crippen molar-refractivity contribution in [3.8, 4) is 21.9 Å². The number of nitro groups is 1. The maximum Gasteiger partial charge on any atom is 0.270 e. The first kappa shape index (κ1) is 19.3. The van der Waals surface area contributed by atoms with Gasteiger partial charge in [-0.2, -0.15) is 0 Å². The number of non-ortho nitro benzene ring substituents is 1. The first-order chi connectivity index (χ1) is 15.1. The molecular weight excluding hydrogens is 410 g/mol. The van der Waals surface area contributed by atoms with Crippen molar-refractivity contribution in [1.82, 2.24) is 4.98 Å². The molecule has 2 aromatic heterocycles. The second-order valence-corrected chi connectivity index (χ2v) is 8.15. The number of nitrogens with one attached hydrogen (secondary N) is 1. The van der Waals surface area contributed by atoms with Gasteiger partial charge in [0.05, 0.1) is 10.5 Å². The van der Waals surface area contributed by atoms with Crippen molar-refractivity contribution in [3.63, 3.8) is 0 Å². The standard InChI is InChI=1S/C24H19N3O3S/c1-2-11-25-20-9-8-17(27(28)29)13-19(20)24-26-21-12-15(7-10-22(21)30-24)23-18-6-4-3-5-16(18)14-31-23/h3-10,12-14,25H,2,11H2,1H3. The van der Waals surface area contributed by atoms with Crippen LogP contribution in [0.2, 0.25) is 0 Å². The zero-order valence-electron chi connectivity index (χ0n) is 16.8. The number of oxazole rings is 1. The average molecular weight is 430 g/mol. The Kier molecular flexibility index (Phi) is 4.88. The monoisotopic (exact) mass is 429 g/mol. The summed E-state index contributed by atoms with van der Waals surface area (Å²) in [6, 6.07) is 19.0. The van der Waals surface area contributed by atoms with Crippen LogP contribution in [0.15, 0.2) is 70.5 Å². The van der Waals surface area contributed by atoms with Crippen molar-refractivity contribution < 1.29 is 9.34 Å². The zero-order valence-corrected chi connectivity index (χ0v) is 17.6. The molecule has 7 heteroatoms. The molecule has 0 saturated heterocycles. The molecule has 0 unspecified atom stereocenters. The van der Waals surface area contributed by atoms with Crippen LogP contribution >= 0.6 is 11.3 Å². The van der Waals surface area contributed by atoms with E-state index >= 15 is 0 Å². The van der Waals surface area contributed by atoms with E-state index in [-0.39, 0.29) is 5.69 Å². The molecule has 2 heterocycles. The maximum atomic E-state index is 11.3. The highest BCUT2D eigenvalue weighted by molar-refractivity contribution is 7.15. The molecule has 31 heavy (non-hydrogen) atoms. The zero-order chi connectivity index (χ0) is 21.4. The number of rotatable bonds is 6. The highest BCUT2D eigenvalue weighted by Crippen LogP contribution is 2.38. The summed E-state index contributed by atoms with van der Waals surface area (Å²) >= 11 is 1.70. The Morgan fingerprint density at radius 3 is 2.84 bits per heavy atom. The van der Waals surface area contributed by atoms with Gasteiger partial charge >= 0.3 is 0 Å². The van der Waals surface area contributed by atoms with Gasteiger partial charge in [-0.15, -0.1) is 11.3 Å². The molecule has 3 aromatic carbocycles. The Balaban J connectivity index is 1.61. The fourth-order valence-electron chi connectivity index (χ4n) is 3.64. The van der Waals surface area contributed by atoms with Crippen molar-refractivity contribution >= 4 is 44.6 Å². The average Bonchev–Trinajstić information content (AvgIpc) is 3.41. The summed E-state index contributed by atoms with van der Waals surface area (Å²) < 4.78 is 6.00. The van der Waals surface area contributed by atoms with Crippen LogP contribution in [0.1, 0.15) is 13.3 Å². The number of hydrogen-bond acceptors (Lipinski definition) is 6. The first-order valence-electron chi connectivity index (χ1n) is 10.0. The molecule has 0 aliphatic heterocycles. The molecule has 0 bridgehead atoms. The maximum absolute atomic E-state index is 11.3. The van der Waals surface area contributed by atoms with Crippen LogP contribution in [-0.4, -0.2) is 16.5 Å². The number of nitro benzene ring substituents is 1. The van der Waals surface area contributed by atoms with E-state index in [1.807, 2.05) is 30.3 Å². The normalized spacial score (nSPS) is 11.3. The van der Waals surface area contributed by atoms with Crippen molar-refractivity contribution in [3.05, 3.63) is 76.2 Å². The molecule has 0 aliphatic carbocycles. The number of anilines is 1. The largest absolute Gasteiger partial charge is 0.436 e. The fourth-order valence-corrected chi connectivity index (χ4v) is 4.66. The van der Waals surface area contributed by atoms with E-state index in [2.05, 4.69) is 34.7 Å². The van der Waals surface area contributed by atoms with Gasteiger partial charge in [-0.25, -0.2) is 4.98 Å². The van der Waals surface area contributed by atoms with Crippen LogP contribution in [0.5, 0.6) is 0 Å². The third-order valence-corrected chi connectivity index (χ3v) is 6.23. The lowest BCUT2D eigenvalue weighted by Crippen LogP contribution is -2.02. The Morgan fingerprint density at radius 2 is 2.00 bits per heavy atom. The van der Waals surface area contributed by atoms with Crippen LogP contribution in [0.3, 0.4) is 0 Å². The molecular formula is C24H19N3O3S. The first-order valence-corrected chi connectivity index (χ1v) is 10.9. The predicted octanol–water partition coefficient (Wildman–Crippen LogP) is 7.11. The molecule has 154 valence electrons. The van der Waals surface area contributed by atoms with E-state index in [1.54, 1.807) is 17.4 Å². The van der Waals surface area contributed by atoms with Crippen molar-refractivity contribution in [2.24, 2.45) is 0 Å². The highest BCUT2D eigenvalue weighted by atomic mass is 32.1. The third-order valence-electron chi connectivity index (χ3n) is 5.17. The summed E-state index contributed by atoms with van der Waals surface area (Å²) in [7, 11) is 0. The molecule has 0 aliphatic rings. The summed E-state index contributed by atoms with van der Waals surface area (Å²) in [4.78, 5) is 16.8. The van der Waals surface area contributed by atoms with Crippen LogP contribution in [0.4, 0.5) is 11.4 Å². The van der Waals surface area contributed by atoms with Crippen LogP contribution in [-0.2, 0) is 0 Å². The Morgan fingerprint density at radius 1 is 1.13 bits per heavy atom. The SMILES string of the molecule is CCCNc1ccc([N+](=O)[O-])cc1-c1nc2cc(-c3scc4ccccc34)ccc2o1. The van der Waals surface area contributed by atoms with Crippen LogP contribution in [0, 0.1) is 10.1 Å². The number of thiophene rings is 1. The number of hydrogen-bond donors (Lipinski definition) is 1. The van der Waals surface area contributed by atoms with Gasteiger partial charge in [-0.3, -0.25) is 10.1 Å². The Hall–Kier alpha value is -3.71. The molecule has 0 fully saturated rings. The lowest BCUT2D eigenvalue weighted by molar-refractivity contribution is -0.384. The van der Waals surface area contributed by atoms with Crippen molar-refractivity contribution in [2.45, 2.75) is 13.3 Å². The molecule has 5 rings (SSSR count). The number of benzene rings is 3. The number of fused-ring (bicyclic) bond motifs is 2. The van der Waals surface area contributed by atoms with Gasteiger partial charge in [0, 0.05) is 34.6 Å². The van der Waals surface area contributed by atoms with Gasteiger partial charge in [-0.1, -0.05) is 31.2 Å². The van der Waals surface area contributed by atoms with Crippen LogP contribution < -0.4 is 5.32 Å². The lowest BCUT2D eigenvalue weighted by atomic mass is 10.1. The fraction of sp³-hybridized carbons (Fsp3) is 0.125. The van der Waals surface area contributed by atoms with Gasteiger partial charge in [0.1, 0.15) is 5.52 Å². The summed E-state index contributed by atoms with van der Waals surface area (Å²) in [5, 5.41) is 19.2. The molecule has 0 spiro atoms. The van der Waals surface area contributed by atoms with E-state index in [9.17, 15) is 10.1 Å². The van der Waals surface area contributed by atoms with E-state index in [4.69, 9.17) is 4.42 Å². The summed E-state index contributed by atoms with van der Waals surface area (Å²) in [5.41, 5.74) is 3.79. The second kappa shape index (κ2) is 7.85. The molecule has 6 nitrogen and oxygen atoms in total. The number of aromatic nitrogens is 1. The molecule has 0 saturated carbocycles. The van der Waals surface area contributed by atoms with Gasteiger partial charge in [0.25, 0.3) is 5.69 Å². The van der Waals surface area contributed by atoms with Crippen molar-refractivity contribution in [2.75, 3.05) is 11.9 Å². The van der Waals surface area contributed by atoms with E-state index in [0.717, 1.165) is 29.7 Å². The summed E-state index contributed by atoms with van der Waals surface area (Å²) in [6.07, 6.45) is 0.933. The molecule has 1 N–H and O–H groups in total. The molecule has 5 aromatic rings. The molecule has 0 radical (unpaired) electrons. The van der Waals surface area contributed by atoms with Gasteiger partial charge in [-0.05, 0) is 47.0 Å². The summed E-state index contributed by atoms with van der Waals surface area (Å²) in [6.45, 7) is 2.81. The predicted molar refractivity (Wildman–Crippen MR) is 126 cm³/mol. The van der Waals surface area contributed by atoms with E-state index < -0.39 is 4.92 Å². The van der Waals surface area contributed by atoms with Gasteiger partial charge in [0.15, 0.2) is 5.58 Å². The number of nitrogens with zero attached hydrogens (tertiary/aromatic N) is 2. The summed E-state index contributed by atoms with van der Waals surface area (Å²) in [5.74, 6) is 0.366. The second-order valence-electron chi connectivity index (χ2n) is 7.27. The lowest BCUT2D eigenvalue weighted by Gasteiger charge is -2.08. The van der Waals surface area contributed by atoms with E-state index in [0.29, 0.717) is 17.0 Å². The minimum Gasteiger partial charge on any atom is -0.436 e. The minimum absolute atomic E-state index is 0.00468. The molecule has 0 amide bonds. The smallest absolute Gasteiger partial charge is 0.270 e. The Labute approximate surface area is 182 Å². The minimum atomic E-state index is -0.407. The molecule has 0 atom stereocenters.